The minimum absolute atomic E-state index is 0.0342. The molecule has 2 aliphatic heterocycles. The molecule has 0 bridgehead atoms. The second-order valence-electron chi connectivity index (χ2n) is 6.56. The van der Waals surface area contributed by atoms with Crippen LogP contribution in [0, 0.1) is 18.7 Å². The number of aryl methyl sites for hydroxylation is 1. The maximum atomic E-state index is 13.6. The summed E-state index contributed by atoms with van der Waals surface area (Å²) in [6.45, 7) is 4.57. The van der Waals surface area contributed by atoms with E-state index < -0.39 is 0 Å². The Balaban J connectivity index is 1.58. The maximum absolute atomic E-state index is 13.6. The summed E-state index contributed by atoms with van der Waals surface area (Å²) in [7, 11) is 0. The molecular formula is C18H23FN2O2. The minimum Gasteiger partial charge on any atom is -0.342 e. The topological polar surface area (TPSA) is 40.6 Å². The molecule has 0 unspecified atom stereocenters. The lowest BCUT2D eigenvalue weighted by Crippen LogP contribution is -2.43. The summed E-state index contributed by atoms with van der Waals surface area (Å²) in [5.74, 6) is -0.214. The maximum Gasteiger partial charge on any atom is 0.253 e. The summed E-state index contributed by atoms with van der Waals surface area (Å²) in [5.41, 5.74) is 0.925. The molecule has 1 aromatic rings. The zero-order valence-corrected chi connectivity index (χ0v) is 13.6. The van der Waals surface area contributed by atoms with Crippen LogP contribution in [0.3, 0.4) is 0 Å². The van der Waals surface area contributed by atoms with Gasteiger partial charge < -0.3 is 9.80 Å². The molecule has 1 aromatic carbocycles. The lowest BCUT2D eigenvalue weighted by Gasteiger charge is -2.33. The van der Waals surface area contributed by atoms with E-state index >= 15 is 0 Å². The highest BCUT2D eigenvalue weighted by Crippen LogP contribution is 2.23. The van der Waals surface area contributed by atoms with Gasteiger partial charge in [0.1, 0.15) is 5.82 Å². The van der Waals surface area contributed by atoms with E-state index in [0.717, 1.165) is 25.9 Å². The van der Waals surface area contributed by atoms with Gasteiger partial charge >= 0.3 is 0 Å². The van der Waals surface area contributed by atoms with Crippen LogP contribution in [0.15, 0.2) is 18.2 Å². The van der Waals surface area contributed by atoms with Crippen LogP contribution in [-0.2, 0) is 4.79 Å². The summed E-state index contributed by atoms with van der Waals surface area (Å²) >= 11 is 0. The number of carbonyl (C=O) groups excluding carboxylic acids is 2. The Bertz CT molecular complexity index is 603. The van der Waals surface area contributed by atoms with Crippen molar-refractivity contribution in [2.75, 3.05) is 26.2 Å². The lowest BCUT2D eigenvalue weighted by molar-refractivity contribution is -0.135. The minimum atomic E-state index is -0.352. The van der Waals surface area contributed by atoms with Gasteiger partial charge in [-0.1, -0.05) is 6.07 Å². The van der Waals surface area contributed by atoms with Crippen molar-refractivity contribution in [3.63, 3.8) is 0 Å². The van der Waals surface area contributed by atoms with E-state index in [1.165, 1.54) is 6.07 Å². The second kappa shape index (κ2) is 6.69. The van der Waals surface area contributed by atoms with Crippen LogP contribution >= 0.6 is 0 Å². The number of benzene rings is 1. The zero-order chi connectivity index (χ0) is 16.4. The molecule has 0 N–H and O–H groups in total. The first-order valence-corrected chi connectivity index (χ1v) is 8.40. The molecule has 0 saturated carbocycles. The van der Waals surface area contributed by atoms with Gasteiger partial charge in [-0.2, -0.15) is 0 Å². The molecule has 2 fully saturated rings. The van der Waals surface area contributed by atoms with Crippen LogP contribution in [0.1, 0.15) is 41.6 Å². The van der Waals surface area contributed by atoms with E-state index in [2.05, 4.69) is 0 Å². The van der Waals surface area contributed by atoms with Gasteiger partial charge in [-0.3, -0.25) is 9.59 Å². The van der Waals surface area contributed by atoms with Crippen molar-refractivity contribution < 1.29 is 14.0 Å². The Kier molecular flexibility index (Phi) is 4.64. The fourth-order valence-corrected chi connectivity index (χ4v) is 3.43. The Labute approximate surface area is 136 Å². The van der Waals surface area contributed by atoms with E-state index in [9.17, 15) is 14.0 Å². The number of carbonyl (C=O) groups is 2. The van der Waals surface area contributed by atoms with Crippen LogP contribution in [0.5, 0.6) is 0 Å². The molecule has 2 heterocycles. The predicted octanol–water partition coefficient (Wildman–Crippen LogP) is 2.61. The number of rotatable bonds is 2. The first-order chi connectivity index (χ1) is 11.1. The summed E-state index contributed by atoms with van der Waals surface area (Å²) < 4.78 is 13.6. The van der Waals surface area contributed by atoms with Crippen LogP contribution in [0.25, 0.3) is 0 Å². The second-order valence-corrected chi connectivity index (χ2v) is 6.56. The standard InChI is InChI=1S/C18H23FN2O2/c1-13-4-5-15(12-16(13)19)18(23)21-10-6-14(7-11-21)17(22)20-8-2-3-9-20/h4-5,12,14H,2-3,6-11H2,1H3. The SMILES string of the molecule is Cc1ccc(C(=O)N2CCC(C(=O)N3CCCC3)CC2)cc1F. The Morgan fingerprint density at radius 1 is 1.04 bits per heavy atom. The fraction of sp³-hybridized carbons (Fsp3) is 0.556. The molecule has 0 spiro atoms. The molecular weight excluding hydrogens is 295 g/mol. The molecule has 5 heteroatoms. The van der Waals surface area contributed by atoms with Crippen LogP contribution < -0.4 is 0 Å². The Morgan fingerprint density at radius 3 is 2.30 bits per heavy atom. The van der Waals surface area contributed by atoms with Crippen molar-refractivity contribution in [2.24, 2.45) is 5.92 Å². The smallest absolute Gasteiger partial charge is 0.253 e. The highest BCUT2D eigenvalue weighted by molar-refractivity contribution is 5.94. The van der Waals surface area contributed by atoms with Gasteiger partial charge in [-0.15, -0.1) is 0 Å². The number of hydrogen-bond donors (Lipinski definition) is 0. The van der Waals surface area contributed by atoms with E-state index in [0.29, 0.717) is 37.1 Å². The average Bonchev–Trinajstić information content (AvgIpc) is 3.11. The largest absolute Gasteiger partial charge is 0.342 e. The number of halogens is 1. The van der Waals surface area contributed by atoms with Crippen molar-refractivity contribution in [3.8, 4) is 0 Å². The summed E-state index contributed by atoms with van der Waals surface area (Å²) in [5, 5.41) is 0. The van der Waals surface area contributed by atoms with Crippen molar-refractivity contribution in [3.05, 3.63) is 35.1 Å². The van der Waals surface area contributed by atoms with Crippen molar-refractivity contribution in [1.29, 1.82) is 0 Å². The first kappa shape index (κ1) is 16.0. The Hall–Kier alpha value is -1.91. The molecule has 0 aliphatic carbocycles. The number of likely N-dealkylation sites (tertiary alicyclic amines) is 2. The van der Waals surface area contributed by atoms with Crippen LogP contribution in [0.2, 0.25) is 0 Å². The van der Waals surface area contributed by atoms with E-state index in [4.69, 9.17) is 0 Å². The van der Waals surface area contributed by atoms with Crippen LogP contribution in [0.4, 0.5) is 4.39 Å². The van der Waals surface area contributed by atoms with Gasteiger partial charge in [-0.25, -0.2) is 4.39 Å². The monoisotopic (exact) mass is 318 g/mol. The summed E-state index contributed by atoms with van der Waals surface area (Å²) in [4.78, 5) is 28.6. The molecule has 2 amide bonds. The molecule has 2 saturated heterocycles. The highest BCUT2D eigenvalue weighted by atomic mass is 19.1. The van der Waals surface area contributed by atoms with E-state index in [1.54, 1.807) is 24.0 Å². The summed E-state index contributed by atoms with van der Waals surface area (Å²) in [6, 6.07) is 4.60. The van der Waals surface area contributed by atoms with Gasteiger partial charge in [0.15, 0.2) is 0 Å². The van der Waals surface area contributed by atoms with Crippen molar-refractivity contribution in [2.45, 2.75) is 32.6 Å². The van der Waals surface area contributed by atoms with Crippen molar-refractivity contribution >= 4 is 11.8 Å². The molecule has 0 atom stereocenters. The summed E-state index contributed by atoms with van der Waals surface area (Å²) in [6.07, 6.45) is 3.61. The average molecular weight is 318 g/mol. The molecule has 4 nitrogen and oxygen atoms in total. The number of hydrogen-bond acceptors (Lipinski definition) is 2. The zero-order valence-electron chi connectivity index (χ0n) is 13.6. The highest BCUT2D eigenvalue weighted by Gasteiger charge is 2.31. The third kappa shape index (κ3) is 3.38. The van der Waals surface area contributed by atoms with Crippen LogP contribution in [-0.4, -0.2) is 47.8 Å². The lowest BCUT2D eigenvalue weighted by atomic mass is 9.95. The van der Waals surface area contributed by atoms with E-state index in [1.807, 2.05) is 4.90 Å². The fourth-order valence-electron chi connectivity index (χ4n) is 3.43. The molecule has 3 rings (SSSR count). The van der Waals surface area contributed by atoms with E-state index in [-0.39, 0.29) is 23.5 Å². The molecule has 124 valence electrons. The Morgan fingerprint density at radius 2 is 1.70 bits per heavy atom. The van der Waals surface area contributed by atoms with Gasteiger partial charge in [-0.05, 0) is 50.3 Å². The van der Waals surface area contributed by atoms with Gasteiger partial charge in [0, 0.05) is 37.7 Å². The number of amides is 2. The third-order valence-corrected chi connectivity index (χ3v) is 4.97. The predicted molar refractivity (Wildman–Crippen MR) is 85.6 cm³/mol. The van der Waals surface area contributed by atoms with Gasteiger partial charge in [0.25, 0.3) is 5.91 Å². The molecule has 23 heavy (non-hydrogen) atoms. The molecule has 2 aliphatic rings. The quantitative estimate of drug-likeness (QED) is 0.841. The number of nitrogens with zero attached hydrogens (tertiary/aromatic N) is 2. The number of piperidine rings is 1. The molecule has 0 aromatic heterocycles. The normalized spacial score (nSPS) is 19.2. The first-order valence-electron chi connectivity index (χ1n) is 8.40. The molecule has 0 radical (unpaired) electrons. The van der Waals surface area contributed by atoms with Gasteiger partial charge in [0.2, 0.25) is 5.91 Å². The third-order valence-electron chi connectivity index (χ3n) is 4.97. The van der Waals surface area contributed by atoms with Gasteiger partial charge in [0.05, 0.1) is 0 Å². The van der Waals surface area contributed by atoms with Crippen molar-refractivity contribution in [1.82, 2.24) is 9.80 Å².